The van der Waals surface area contributed by atoms with E-state index in [0.717, 1.165) is 17.1 Å². The molecule has 9 aromatic rings. The van der Waals surface area contributed by atoms with Crippen LogP contribution in [0.2, 0.25) is 0 Å². The number of hydrogen-bond acceptors (Lipinski definition) is 1. The Morgan fingerprint density at radius 2 is 0.596 bits per heavy atom. The third-order valence-corrected chi connectivity index (χ3v) is 13.0. The minimum Gasteiger partial charge on any atom is -0.310 e. The zero-order valence-electron chi connectivity index (χ0n) is 31.3. The van der Waals surface area contributed by atoms with Gasteiger partial charge in [-0.1, -0.05) is 188 Å². The van der Waals surface area contributed by atoms with Crippen molar-refractivity contribution < 1.29 is 0 Å². The van der Waals surface area contributed by atoms with Crippen LogP contribution in [0.4, 0.5) is 17.1 Å². The normalized spacial score (nSPS) is 14.2. The van der Waals surface area contributed by atoms with Gasteiger partial charge in [0.25, 0.3) is 0 Å². The van der Waals surface area contributed by atoms with Gasteiger partial charge in [-0.15, -0.1) is 0 Å². The van der Waals surface area contributed by atoms with E-state index in [1.54, 1.807) is 0 Å². The van der Waals surface area contributed by atoms with Crippen molar-refractivity contribution in [2.24, 2.45) is 0 Å². The van der Waals surface area contributed by atoms with Crippen molar-refractivity contribution >= 4 is 17.1 Å². The summed E-state index contributed by atoms with van der Waals surface area (Å²) in [6.45, 7) is 0. The lowest BCUT2D eigenvalue weighted by Crippen LogP contribution is -2.28. The largest absolute Gasteiger partial charge is 0.310 e. The SMILES string of the molecule is c1ccc(N(c2ccc3c(c2)-c2ccccc2C32c3ccccc3-c3ccccc32)c2ccc3c(c2)C(c2ccccc2)(c2ccccc2)c2ccccc2-3)cc1. The van der Waals surface area contributed by atoms with E-state index in [-0.39, 0.29) is 5.41 Å². The molecule has 266 valence electrons. The molecule has 3 aliphatic carbocycles. The third kappa shape index (κ3) is 4.23. The second-order valence-corrected chi connectivity index (χ2v) is 15.5. The highest BCUT2D eigenvalue weighted by Gasteiger charge is 2.52. The first kappa shape index (κ1) is 32.1. The number of anilines is 3. The molecule has 0 unspecified atom stereocenters. The maximum atomic E-state index is 2.47. The molecule has 0 saturated carbocycles. The van der Waals surface area contributed by atoms with Crippen LogP contribution in [0, 0.1) is 0 Å². The summed E-state index contributed by atoms with van der Waals surface area (Å²) in [5.41, 5.74) is 20.9. The fourth-order valence-corrected chi connectivity index (χ4v) is 10.8. The van der Waals surface area contributed by atoms with Crippen LogP contribution in [0.15, 0.2) is 224 Å². The molecule has 0 aliphatic heterocycles. The first-order valence-corrected chi connectivity index (χ1v) is 19.9. The molecule has 12 rings (SSSR count). The molecule has 0 heterocycles. The zero-order valence-corrected chi connectivity index (χ0v) is 31.3. The zero-order chi connectivity index (χ0) is 37.6. The van der Waals surface area contributed by atoms with Crippen molar-refractivity contribution in [3.8, 4) is 33.4 Å². The predicted molar refractivity (Wildman–Crippen MR) is 235 cm³/mol. The maximum Gasteiger partial charge on any atom is 0.0725 e. The van der Waals surface area contributed by atoms with Gasteiger partial charge >= 0.3 is 0 Å². The Kier molecular flexibility index (Phi) is 6.83. The van der Waals surface area contributed by atoms with Gasteiger partial charge in [-0.25, -0.2) is 0 Å². The van der Waals surface area contributed by atoms with E-state index in [4.69, 9.17) is 0 Å². The van der Waals surface area contributed by atoms with Crippen molar-refractivity contribution in [3.63, 3.8) is 0 Å². The standard InChI is InChI=1S/C56H37N/c1-4-18-38(19-5-1)55(39-20-6-2-7-21-39)49-28-14-10-26-45(49)47-34-32-42(37-54(47)55)57(40-22-8-3-9-23-40)41-33-35-53-48(36-41)46-27-13-17-31-52(46)56(53)50-29-15-11-24-43(50)44-25-12-16-30-51(44)56/h1-37H. The molecule has 0 radical (unpaired) electrons. The molecular formula is C56H37N. The van der Waals surface area contributed by atoms with Crippen molar-refractivity contribution in [3.05, 3.63) is 269 Å². The van der Waals surface area contributed by atoms with Gasteiger partial charge in [0.2, 0.25) is 0 Å². The van der Waals surface area contributed by atoms with Crippen LogP contribution in [-0.2, 0) is 10.8 Å². The van der Waals surface area contributed by atoms with Crippen LogP contribution >= 0.6 is 0 Å². The molecule has 1 nitrogen and oxygen atoms in total. The molecule has 57 heavy (non-hydrogen) atoms. The van der Waals surface area contributed by atoms with Gasteiger partial charge in [-0.3, -0.25) is 0 Å². The first-order chi connectivity index (χ1) is 28.3. The summed E-state index contributed by atoms with van der Waals surface area (Å²) >= 11 is 0. The summed E-state index contributed by atoms with van der Waals surface area (Å²) < 4.78 is 0. The van der Waals surface area contributed by atoms with Crippen LogP contribution in [-0.4, -0.2) is 0 Å². The average Bonchev–Trinajstić information content (AvgIpc) is 3.87. The summed E-state index contributed by atoms with van der Waals surface area (Å²) in [6.07, 6.45) is 0. The van der Waals surface area contributed by atoms with E-state index in [9.17, 15) is 0 Å². The third-order valence-electron chi connectivity index (χ3n) is 13.0. The molecule has 9 aromatic carbocycles. The lowest BCUT2D eigenvalue weighted by molar-refractivity contribution is 0.768. The van der Waals surface area contributed by atoms with Crippen molar-refractivity contribution in [2.75, 3.05) is 4.90 Å². The quantitative estimate of drug-likeness (QED) is 0.171. The van der Waals surface area contributed by atoms with Crippen LogP contribution in [0.1, 0.15) is 44.5 Å². The van der Waals surface area contributed by atoms with E-state index in [2.05, 4.69) is 229 Å². The number of benzene rings is 9. The van der Waals surface area contributed by atoms with Gasteiger partial charge < -0.3 is 4.90 Å². The molecule has 1 spiro atoms. The molecule has 0 aromatic heterocycles. The summed E-state index contributed by atoms with van der Waals surface area (Å²) in [4.78, 5) is 2.45. The van der Waals surface area contributed by atoms with E-state index < -0.39 is 5.41 Å². The van der Waals surface area contributed by atoms with E-state index >= 15 is 0 Å². The highest BCUT2D eigenvalue weighted by molar-refractivity contribution is 5.97. The molecule has 0 N–H and O–H groups in total. The lowest BCUT2D eigenvalue weighted by Gasteiger charge is -2.35. The Labute approximate surface area is 333 Å². The molecule has 1 heteroatoms. The molecule has 0 atom stereocenters. The number of para-hydroxylation sites is 1. The lowest BCUT2D eigenvalue weighted by atomic mass is 9.67. The topological polar surface area (TPSA) is 3.24 Å². The minimum absolute atomic E-state index is 0.375. The highest BCUT2D eigenvalue weighted by atomic mass is 15.1. The van der Waals surface area contributed by atoms with Gasteiger partial charge in [0.05, 0.1) is 10.8 Å². The van der Waals surface area contributed by atoms with Crippen molar-refractivity contribution in [1.29, 1.82) is 0 Å². The van der Waals surface area contributed by atoms with Gasteiger partial charge in [-0.05, 0) is 114 Å². The van der Waals surface area contributed by atoms with Gasteiger partial charge in [0.1, 0.15) is 0 Å². The Hall–Kier alpha value is -7.22. The van der Waals surface area contributed by atoms with Crippen LogP contribution in [0.3, 0.4) is 0 Å². The number of hydrogen-bond donors (Lipinski definition) is 0. The molecule has 0 saturated heterocycles. The number of rotatable bonds is 5. The van der Waals surface area contributed by atoms with Crippen molar-refractivity contribution in [1.82, 2.24) is 0 Å². The summed E-state index contributed by atoms with van der Waals surface area (Å²) in [5.74, 6) is 0. The molecule has 0 fully saturated rings. The van der Waals surface area contributed by atoms with Crippen molar-refractivity contribution in [2.45, 2.75) is 10.8 Å². The number of nitrogens with zero attached hydrogens (tertiary/aromatic N) is 1. The average molecular weight is 724 g/mol. The number of fused-ring (bicyclic) bond motifs is 13. The van der Waals surface area contributed by atoms with E-state index in [1.807, 2.05) is 0 Å². The fraction of sp³-hybridized carbons (Fsp3) is 0.0357. The Bertz CT molecular complexity index is 2930. The summed E-state index contributed by atoms with van der Waals surface area (Å²) in [5, 5.41) is 0. The molecule has 3 aliphatic rings. The Morgan fingerprint density at radius 3 is 1.12 bits per heavy atom. The van der Waals surface area contributed by atoms with Crippen LogP contribution in [0.5, 0.6) is 0 Å². The second-order valence-electron chi connectivity index (χ2n) is 15.5. The van der Waals surface area contributed by atoms with Gasteiger partial charge in [0.15, 0.2) is 0 Å². The summed E-state index contributed by atoms with van der Waals surface area (Å²) in [7, 11) is 0. The van der Waals surface area contributed by atoms with Crippen LogP contribution < -0.4 is 4.90 Å². The second kappa shape index (κ2) is 12.1. The Balaban J connectivity index is 1.11. The monoisotopic (exact) mass is 723 g/mol. The van der Waals surface area contributed by atoms with Gasteiger partial charge in [0, 0.05) is 17.1 Å². The first-order valence-electron chi connectivity index (χ1n) is 19.9. The van der Waals surface area contributed by atoms with E-state index in [1.165, 1.54) is 77.9 Å². The Morgan fingerprint density at radius 1 is 0.228 bits per heavy atom. The molecule has 0 bridgehead atoms. The molecule has 0 amide bonds. The maximum absolute atomic E-state index is 2.47. The smallest absolute Gasteiger partial charge is 0.0725 e. The highest BCUT2D eigenvalue weighted by Crippen LogP contribution is 2.63. The van der Waals surface area contributed by atoms with Crippen LogP contribution in [0.25, 0.3) is 33.4 Å². The van der Waals surface area contributed by atoms with E-state index in [0.29, 0.717) is 0 Å². The minimum atomic E-state index is -0.487. The van der Waals surface area contributed by atoms with Gasteiger partial charge in [-0.2, -0.15) is 0 Å². The summed E-state index contributed by atoms with van der Waals surface area (Å²) in [6, 6.07) is 83.5. The fourth-order valence-electron chi connectivity index (χ4n) is 10.8. The molecular weight excluding hydrogens is 687 g/mol. The predicted octanol–water partition coefficient (Wildman–Crippen LogP) is 13.9.